The van der Waals surface area contributed by atoms with E-state index in [4.69, 9.17) is 4.74 Å². The van der Waals surface area contributed by atoms with Gasteiger partial charge in [0.2, 0.25) is 0 Å². The van der Waals surface area contributed by atoms with Crippen LogP contribution in [0.15, 0.2) is 18.2 Å². The van der Waals surface area contributed by atoms with E-state index in [0.29, 0.717) is 18.7 Å². The third-order valence-electron chi connectivity index (χ3n) is 3.79. The summed E-state index contributed by atoms with van der Waals surface area (Å²) >= 11 is 0. The fourth-order valence-electron chi connectivity index (χ4n) is 3.03. The number of nitrogens with zero attached hydrogens (tertiary/aromatic N) is 1. The molecule has 1 aliphatic heterocycles. The second-order valence-electron chi connectivity index (χ2n) is 5.97. The molecule has 1 aromatic carbocycles. The molecular weight excluding hydrogens is 300 g/mol. The molecule has 0 aromatic heterocycles. The van der Waals surface area contributed by atoms with Crippen molar-refractivity contribution in [1.82, 2.24) is 10.2 Å². The number of carbonyl (C=O) groups excluding carboxylic acids is 1. The molecule has 0 saturated carbocycles. The van der Waals surface area contributed by atoms with Gasteiger partial charge < -0.3 is 10.1 Å². The highest BCUT2D eigenvalue weighted by Gasteiger charge is 2.22. The number of carbonyl (C=O) groups is 1. The van der Waals surface area contributed by atoms with E-state index >= 15 is 0 Å². The maximum Gasteiger partial charge on any atom is 0.159 e. The summed E-state index contributed by atoms with van der Waals surface area (Å²) in [5, 5.41) is 3.54. The van der Waals surface area contributed by atoms with Gasteiger partial charge in [-0.2, -0.15) is 0 Å². The maximum absolute atomic E-state index is 11.6. The van der Waals surface area contributed by atoms with Crippen LogP contribution >= 0.6 is 12.4 Å². The van der Waals surface area contributed by atoms with Crippen molar-refractivity contribution in [3.8, 4) is 5.75 Å². The number of ether oxygens (including phenoxy) is 1. The zero-order valence-electron chi connectivity index (χ0n) is 13.9. The molecule has 2 rings (SSSR count). The van der Waals surface area contributed by atoms with Crippen molar-refractivity contribution in [3.63, 3.8) is 0 Å². The maximum atomic E-state index is 11.6. The Balaban J connectivity index is 0.00000242. The zero-order chi connectivity index (χ0) is 15.4. The average Bonchev–Trinajstić information content (AvgIpc) is 2.39. The van der Waals surface area contributed by atoms with Gasteiger partial charge in [0.25, 0.3) is 0 Å². The SMILES string of the molecule is CCOc1ccc(C(C)=O)cc1CN1CC(C)NC(C)C1.Cl. The van der Waals surface area contributed by atoms with Gasteiger partial charge in [0, 0.05) is 42.8 Å². The largest absolute Gasteiger partial charge is 0.494 e. The molecule has 1 N–H and O–H groups in total. The molecule has 1 fully saturated rings. The van der Waals surface area contributed by atoms with Crippen LogP contribution in [0.1, 0.15) is 43.6 Å². The first-order valence-electron chi connectivity index (χ1n) is 7.74. The minimum atomic E-state index is 0. The molecule has 1 saturated heterocycles. The molecule has 2 unspecified atom stereocenters. The second kappa shape index (κ2) is 8.51. The number of piperazine rings is 1. The quantitative estimate of drug-likeness (QED) is 0.845. The Morgan fingerprint density at radius 3 is 2.50 bits per heavy atom. The lowest BCUT2D eigenvalue weighted by Gasteiger charge is -2.36. The third kappa shape index (κ3) is 4.97. The molecule has 0 spiro atoms. The minimum Gasteiger partial charge on any atom is -0.494 e. The normalized spacial score (nSPS) is 22.0. The van der Waals surface area contributed by atoms with Gasteiger partial charge in [-0.25, -0.2) is 0 Å². The van der Waals surface area contributed by atoms with E-state index in [1.165, 1.54) is 0 Å². The average molecular weight is 327 g/mol. The molecule has 1 aliphatic rings. The van der Waals surface area contributed by atoms with Crippen LogP contribution in [0.4, 0.5) is 0 Å². The van der Waals surface area contributed by atoms with Gasteiger partial charge >= 0.3 is 0 Å². The first-order valence-corrected chi connectivity index (χ1v) is 7.74. The van der Waals surface area contributed by atoms with E-state index in [9.17, 15) is 4.79 Å². The summed E-state index contributed by atoms with van der Waals surface area (Å²) in [7, 11) is 0. The van der Waals surface area contributed by atoms with Gasteiger partial charge in [-0.1, -0.05) is 0 Å². The fraction of sp³-hybridized carbons (Fsp3) is 0.588. The van der Waals surface area contributed by atoms with Crippen molar-refractivity contribution in [3.05, 3.63) is 29.3 Å². The third-order valence-corrected chi connectivity index (χ3v) is 3.79. The van der Waals surface area contributed by atoms with Gasteiger partial charge in [-0.05, 0) is 45.9 Å². The smallest absolute Gasteiger partial charge is 0.159 e. The van der Waals surface area contributed by atoms with E-state index in [1.807, 2.05) is 25.1 Å². The molecule has 0 bridgehead atoms. The zero-order valence-corrected chi connectivity index (χ0v) is 14.7. The van der Waals surface area contributed by atoms with Gasteiger partial charge in [0.1, 0.15) is 5.75 Å². The van der Waals surface area contributed by atoms with Crippen molar-refractivity contribution in [2.24, 2.45) is 0 Å². The van der Waals surface area contributed by atoms with Crippen LogP contribution in [0.25, 0.3) is 0 Å². The number of hydrogen-bond acceptors (Lipinski definition) is 4. The summed E-state index contributed by atoms with van der Waals surface area (Å²) < 4.78 is 5.71. The van der Waals surface area contributed by atoms with Gasteiger partial charge in [-0.3, -0.25) is 9.69 Å². The predicted octanol–water partition coefficient (Wildman–Crippen LogP) is 2.89. The molecular formula is C17H27ClN2O2. The second-order valence-corrected chi connectivity index (χ2v) is 5.97. The van der Waals surface area contributed by atoms with Crippen molar-refractivity contribution in [2.45, 2.75) is 46.3 Å². The van der Waals surface area contributed by atoms with E-state index in [1.54, 1.807) is 6.92 Å². The standard InChI is InChI=1S/C17H26N2O2.ClH/c1-5-21-17-7-6-15(14(4)20)8-16(17)11-19-9-12(2)18-13(3)10-19;/h6-8,12-13,18H,5,9-11H2,1-4H3;1H. The summed E-state index contributed by atoms with van der Waals surface area (Å²) in [5.41, 5.74) is 1.86. The summed E-state index contributed by atoms with van der Waals surface area (Å²) in [4.78, 5) is 14.0. The number of ketones is 1. The van der Waals surface area contributed by atoms with Crippen LogP contribution in [0.2, 0.25) is 0 Å². The molecule has 0 amide bonds. The molecule has 1 aromatic rings. The van der Waals surface area contributed by atoms with Gasteiger partial charge in [0.05, 0.1) is 6.61 Å². The van der Waals surface area contributed by atoms with Gasteiger partial charge in [-0.15, -0.1) is 12.4 Å². The first-order chi connectivity index (χ1) is 9.99. The summed E-state index contributed by atoms with van der Waals surface area (Å²) in [6, 6.07) is 6.72. The van der Waals surface area contributed by atoms with Crippen LogP contribution in [-0.4, -0.2) is 42.5 Å². The Hall–Kier alpha value is -1.10. The van der Waals surface area contributed by atoms with Crippen molar-refractivity contribution >= 4 is 18.2 Å². The Morgan fingerprint density at radius 2 is 1.95 bits per heavy atom. The molecule has 0 aliphatic carbocycles. The number of rotatable bonds is 5. The number of nitrogens with one attached hydrogen (secondary N) is 1. The summed E-state index contributed by atoms with van der Waals surface area (Å²) in [6.45, 7) is 11.5. The Kier molecular flexibility index (Phi) is 7.33. The first kappa shape index (κ1) is 18.9. The highest BCUT2D eigenvalue weighted by molar-refractivity contribution is 5.94. The van der Waals surface area contributed by atoms with E-state index in [2.05, 4.69) is 24.1 Å². The molecule has 0 radical (unpaired) electrons. The lowest BCUT2D eigenvalue weighted by Crippen LogP contribution is -2.53. The lowest BCUT2D eigenvalue weighted by atomic mass is 10.0. The van der Waals surface area contributed by atoms with Gasteiger partial charge in [0.15, 0.2) is 5.78 Å². The molecule has 1 heterocycles. The molecule has 2 atom stereocenters. The number of benzene rings is 1. The molecule has 22 heavy (non-hydrogen) atoms. The fourth-order valence-corrected chi connectivity index (χ4v) is 3.03. The van der Waals surface area contributed by atoms with Crippen molar-refractivity contribution < 1.29 is 9.53 Å². The summed E-state index contributed by atoms with van der Waals surface area (Å²) in [5.74, 6) is 0.989. The Labute approximate surface area is 139 Å². The topological polar surface area (TPSA) is 41.6 Å². The Morgan fingerprint density at radius 1 is 1.32 bits per heavy atom. The van der Waals surface area contributed by atoms with Crippen LogP contribution in [-0.2, 0) is 6.54 Å². The van der Waals surface area contributed by atoms with Crippen LogP contribution in [0.3, 0.4) is 0 Å². The minimum absolute atomic E-state index is 0. The highest BCUT2D eigenvalue weighted by Crippen LogP contribution is 2.23. The highest BCUT2D eigenvalue weighted by atomic mass is 35.5. The molecule has 4 nitrogen and oxygen atoms in total. The number of hydrogen-bond donors (Lipinski definition) is 1. The van der Waals surface area contributed by atoms with Crippen LogP contribution < -0.4 is 10.1 Å². The van der Waals surface area contributed by atoms with Crippen molar-refractivity contribution in [1.29, 1.82) is 0 Å². The number of Topliss-reactive ketones (excluding diaryl/α,β-unsaturated/α-hetero) is 1. The summed E-state index contributed by atoms with van der Waals surface area (Å²) in [6.07, 6.45) is 0. The van der Waals surface area contributed by atoms with Crippen LogP contribution in [0.5, 0.6) is 5.75 Å². The lowest BCUT2D eigenvalue weighted by molar-refractivity contribution is 0.101. The predicted molar refractivity (Wildman–Crippen MR) is 92.2 cm³/mol. The van der Waals surface area contributed by atoms with E-state index in [0.717, 1.165) is 36.5 Å². The molecule has 5 heteroatoms. The van der Waals surface area contributed by atoms with E-state index < -0.39 is 0 Å². The number of halogens is 1. The monoisotopic (exact) mass is 326 g/mol. The van der Waals surface area contributed by atoms with E-state index in [-0.39, 0.29) is 18.2 Å². The van der Waals surface area contributed by atoms with Crippen LogP contribution in [0, 0.1) is 0 Å². The molecule has 124 valence electrons. The van der Waals surface area contributed by atoms with Crippen molar-refractivity contribution in [2.75, 3.05) is 19.7 Å². The Bertz CT molecular complexity index is 497.